The first-order valence-corrected chi connectivity index (χ1v) is 5.47. The molecule has 2 saturated heterocycles. The fourth-order valence-electron chi connectivity index (χ4n) is 2.75. The third-order valence-corrected chi connectivity index (χ3v) is 4.03. The molecule has 1 unspecified atom stereocenters. The van der Waals surface area contributed by atoms with Gasteiger partial charge >= 0.3 is 0 Å². The normalized spacial score (nSPS) is 37.5. The van der Waals surface area contributed by atoms with E-state index in [1.807, 2.05) is 11.9 Å². The molecule has 86 valence electrons. The Labute approximate surface area is 96.2 Å². The van der Waals surface area contributed by atoms with Gasteiger partial charge in [-0.05, 0) is 24.9 Å². The van der Waals surface area contributed by atoms with Crippen molar-refractivity contribution in [3.63, 3.8) is 0 Å². The zero-order valence-corrected chi connectivity index (χ0v) is 9.72. The summed E-state index contributed by atoms with van der Waals surface area (Å²) in [4.78, 5) is 14.0. The number of rotatable bonds is 2. The van der Waals surface area contributed by atoms with Crippen LogP contribution in [0.1, 0.15) is 0 Å². The predicted molar refractivity (Wildman–Crippen MR) is 60.0 cm³/mol. The number of carbonyl (C=O) groups is 1. The lowest BCUT2D eigenvalue weighted by Crippen LogP contribution is -2.58. The van der Waals surface area contributed by atoms with Crippen molar-refractivity contribution in [1.29, 1.82) is 0 Å². The Kier molecular flexibility index (Phi) is 2.92. The van der Waals surface area contributed by atoms with Gasteiger partial charge in [0, 0.05) is 26.1 Å². The number of hydrogen-bond donors (Lipinski definition) is 2. The Morgan fingerprint density at radius 2 is 1.67 bits per heavy atom. The van der Waals surface area contributed by atoms with Crippen LogP contribution in [0.25, 0.3) is 0 Å². The van der Waals surface area contributed by atoms with Crippen molar-refractivity contribution in [3.05, 3.63) is 0 Å². The van der Waals surface area contributed by atoms with Gasteiger partial charge in [0.05, 0.1) is 6.04 Å². The summed E-state index contributed by atoms with van der Waals surface area (Å²) >= 11 is 0. The van der Waals surface area contributed by atoms with Crippen LogP contribution < -0.4 is 10.6 Å². The van der Waals surface area contributed by atoms with Crippen LogP contribution in [0.15, 0.2) is 0 Å². The summed E-state index contributed by atoms with van der Waals surface area (Å²) in [5.41, 5.74) is 0. The molecule has 3 atom stereocenters. The Hall–Kier alpha value is -0.320. The molecule has 4 nitrogen and oxygen atoms in total. The number of halogens is 1. The van der Waals surface area contributed by atoms with Crippen molar-refractivity contribution in [2.45, 2.75) is 6.04 Å². The van der Waals surface area contributed by atoms with Gasteiger partial charge in [0.15, 0.2) is 0 Å². The molecule has 1 amide bonds. The number of amides is 1. The van der Waals surface area contributed by atoms with Gasteiger partial charge in [0.1, 0.15) is 0 Å². The van der Waals surface area contributed by atoms with Crippen LogP contribution in [0.2, 0.25) is 0 Å². The van der Waals surface area contributed by atoms with Gasteiger partial charge in [-0.25, -0.2) is 0 Å². The number of carbonyl (C=O) groups excluding carboxylic acids is 1. The minimum Gasteiger partial charge on any atom is -0.340 e. The van der Waals surface area contributed by atoms with Gasteiger partial charge in [-0.1, -0.05) is 0 Å². The molecule has 2 heterocycles. The fraction of sp³-hybridized carbons (Fsp3) is 0.900. The Balaban J connectivity index is 0.000000853. The molecule has 3 aliphatic rings. The molecule has 5 heteroatoms. The van der Waals surface area contributed by atoms with Gasteiger partial charge in [-0.2, -0.15) is 0 Å². The van der Waals surface area contributed by atoms with E-state index in [0.29, 0.717) is 29.7 Å². The molecule has 2 N–H and O–H groups in total. The molecular formula is C10H18ClN3O. The van der Waals surface area contributed by atoms with Gasteiger partial charge < -0.3 is 15.5 Å². The number of likely N-dealkylation sites (N-methyl/N-ethyl adjacent to an activating group) is 1. The average molecular weight is 232 g/mol. The number of fused-ring (bicyclic) bond motifs is 1. The maximum atomic E-state index is 12.0. The van der Waals surface area contributed by atoms with Crippen molar-refractivity contribution < 1.29 is 4.79 Å². The molecule has 0 radical (unpaired) electrons. The Bertz CT molecular complexity index is 253. The highest BCUT2D eigenvalue weighted by Gasteiger charge is 2.58. The smallest absolute Gasteiger partial charge is 0.226 e. The first kappa shape index (κ1) is 11.2. The van der Waals surface area contributed by atoms with E-state index in [4.69, 9.17) is 0 Å². The summed E-state index contributed by atoms with van der Waals surface area (Å²) in [6, 6.07) is 0.455. The second-order valence-electron chi connectivity index (χ2n) is 4.77. The second kappa shape index (κ2) is 3.92. The molecule has 3 rings (SSSR count). The SMILES string of the molecule is CN(C(=O)C1[C@H]2CNC[C@@H]12)C1CNC1.Cl. The zero-order valence-electron chi connectivity index (χ0n) is 8.90. The molecule has 0 aromatic heterocycles. The third-order valence-electron chi connectivity index (χ3n) is 4.03. The molecule has 0 bridgehead atoms. The minimum atomic E-state index is 0. The van der Waals surface area contributed by atoms with E-state index < -0.39 is 0 Å². The predicted octanol–water partition coefficient (Wildman–Crippen LogP) is -0.696. The van der Waals surface area contributed by atoms with Crippen LogP contribution in [0.3, 0.4) is 0 Å². The monoisotopic (exact) mass is 231 g/mol. The second-order valence-corrected chi connectivity index (χ2v) is 4.77. The summed E-state index contributed by atoms with van der Waals surface area (Å²) < 4.78 is 0. The molecule has 0 aromatic carbocycles. The lowest BCUT2D eigenvalue weighted by atomic mass is 10.1. The van der Waals surface area contributed by atoms with E-state index in [-0.39, 0.29) is 12.4 Å². The van der Waals surface area contributed by atoms with Crippen LogP contribution in [0, 0.1) is 17.8 Å². The van der Waals surface area contributed by atoms with Gasteiger partial charge in [0.25, 0.3) is 0 Å². The van der Waals surface area contributed by atoms with E-state index >= 15 is 0 Å². The molecule has 1 aliphatic carbocycles. The topological polar surface area (TPSA) is 44.4 Å². The highest BCUT2D eigenvalue weighted by Crippen LogP contribution is 2.49. The number of hydrogen-bond acceptors (Lipinski definition) is 3. The van der Waals surface area contributed by atoms with Crippen molar-refractivity contribution in [2.24, 2.45) is 17.8 Å². The summed E-state index contributed by atoms with van der Waals surface area (Å²) in [5, 5.41) is 6.52. The van der Waals surface area contributed by atoms with E-state index in [9.17, 15) is 4.79 Å². The molecule has 2 aliphatic heterocycles. The number of nitrogens with zero attached hydrogens (tertiary/aromatic N) is 1. The van der Waals surface area contributed by atoms with Crippen LogP contribution in [-0.2, 0) is 4.79 Å². The standard InChI is InChI=1S/C10H17N3O.ClH/c1-13(6-2-11-3-6)10(14)9-7-4-12-5-8(7)9;/h6-9,11-12H,2-5H2,1H3;1H/t7-,8+,9?;. The van der Waals surface area contributed by atoms with Crippen LogP contribution in [0.5, 0.6) is 0 Å². The summed E-state index contributed by atoms with van der Waals surface area (Å²) in [6.45, 7) is 4.06. The lowest BCUT2D eigenvalue weighted by molar-refractivity contribution is -0.135. The molecule has 3 fully saturated rings. The van der Waals surface area contributed by atoms with Gasteiger partial charge in [-0.15, -0.1) is 12.4 Å². The van der Waals surface area contributed by atoms with Crippen molar-refractivity contribution >= 4 is 18.3 Å². The van der Waals surface area contributed by atoms with E-state index in [1.54, 1.807) is 0 Å². The third kappa shape index (κ3) is 1.65. The molecule has 15 heavy (non-hydrogen) atoms. The Morgan fingerprint density at radius 3 is 2.13 bits per heavy atom. The molecule has 0 aromatic rings. The highest BCUT2D eigenvalue weighted by molar-refractivity contribution is 5.85. The first-order valence-electron chi connectivity index (χ1n) is 5.47. The molecular weight excluding hydrogens is 214 g/mol. The summed E-state index contributed by atoms with van der Waals surface area (Å²) in [7, 11) is 1.95. The van der Waals surface area contributed by atoms with E-state index in [1.165, 1.54) is 0 Å². The van der Waals surface area contributed by atoms with Crippen molar-refractivity contribution in [2.75, 3.05) is 33.2 Å². The van der Waals surface area contributed by atoms with E-state index in [0.717, 1.165) is 26.2 Å². The summed E-state index contributed by atoms with van der Waals surface area (Å²) in [6.07, 6.45) is 0. The maximum absolute atomic E-state index is 12.0. The average Bonchev–Trinajstić information content (AvgIpc) is 2.54. The van der Waals surface area contributed by atoms with Crippen LogP contribution in [-0.4, -0.2) is 50.1 Å². The van der Waals surface area contributed by atoms with Crippen LogP contribution in [0.4, 0.5) is 0 Å². The minimum absolute atomic E-state index is 0. The highest BCUT2D eigenvalue weighted by atomic mass is 35.5. The largest absolute Gasteiger partial charge is 0.340 e. The van der Waals surface area contributed by atoms with Gasteiger partial charge in [0.2, 0.25) is 5.91 Å². The van der Waals surface area contributed by atoms with Crippen molar-refractivity contribution in [1.82, 2.24) is 15.5 Å². The van der Waals surface area contributed by atoms with Crippen LogP contribution >= 0.6 is 12.4 Å². The lowest BCUT2D eigenvalue weighted by Gasteiger charge is -2.36. The quantitative estimate of drug-likeness (QED) is 0.661. The zero-order chi connectivity index (χ0) is 9.71. The van der Waals surface area contributed by atoms with E-state index in [2.05, 4.69) is 10.6 Å². The summed E-state index contributed by atoms with van der Waals surface area (Å²) in [5.74, 6) is 2.03. The Morgan fingerprint density at radius 1 is 1.13 bits per heavy atom. The van der Waals surface area contributed by atoms with Gasteiger partial charge in [-0.3, -0.25) is 4.79 Å². The number of piperidine rings is 1. The number of nitrogens with one attached hydrogen (secondary N) is 2. The maximum Gasteiger partial charge on any atom is 0.226 e. The first-order chi connectivity index (χ1) is 6.79. The fourth-order valence-corrected chi connectivity index (χ4v) is 2.75. The molecule has 1 saturated carbocycles. The molecule has 0 spiro atoms. The van der Waals surface area contributed by atoms with Crippen molar-refractivity contribution in [3.8, 4) is 0 Å².